The van der Waals surface area contributed by atoms with E-state index in [0.29, 0.717) is 12.1 Å². The van der Waals surface area contributed by atoms with Crippen molar-refractivity contribution in [2.24, 2.45) is 0 Å². The molecule has 0 aliphatic carbocycles. The van der Waals surface area contributed by atoms with Crippen LogP contribution in [0.5, 0.6) is 5.75 Å². The molecule has 120 valence electrons. The second-order valence-electron chi connectivity index (χ2n) is 5.16. The minimum atomic E-state index is -5.01. The molecule has 21 heavy (non-hydrogen) atoms. The summed E-state index contributed by atoms with van der Waals surface area (Å²) in [5.41, 5.74) is -0.589. The molecule has 1 aromatic rings. The Morgan fingerprint density at radius 1 is 1.33 bits per heavy atom. The van der Waals surface area contributed by atoms with E-state index >= 15 is 0 Å². The second-order valence-corrected chi connectivity index (χ2v) is 7.16. The van der Waals surface area contributed by atoms with Crippen LogP contribution in [0.1, 0.15) is 43.3 Å². The molecule has 0 heterocycles. The zero-order valence-electron chi connectivity index (χ0n) is 14.5. The zero-order valence-corrected chi connectivity index (χ0v) is 12.4. The van der Waals surface area contributed by atoms with Crippen LogP contribution in [0.4, 0.5) is 17.6 Å². The number of benzene rings is 1. The fourth-order valence-corrected chi connectivity index (χ4v) is 1.98. The largest absolute Gasteiger partial charge is 0.598 e. The van der Waals surface area contributed by atoms with Crippen molar-refractivity contribution in [2.45, 2.75) is 44.8 Å². The fourth-order valence-electron chi connectivity index (χ4n) is 1.29. The Morgan fingerprint density at radius 3 is 2.43 bits per heavy atom. The van der Waals surface area contributed by atoms with Gasteiger partial charge in [0.2, 0.25) is 0 Å². The molecule has 0 saturated heterocycles. The quantitative estimate of drug-likeness (QED) is 0.674. The number of ether oxygens (including phenoxy) is 1. The van der Waals surface area contributed by atoms with Gasteiger partial charge in [0.05, 0.1) is 6.04 Å². The van der Waals surface area contributed by atoms with Gasteiger partial charge < -0.3 is 9.29 Å². The molecular formula is C13H17F4NO2S. The molecule has 1 rings (SSSR count). The van der Waals surface area contributed by atoms with E-state index in [1.807, 2.05) is 0 Å². The molecule has 0 aliphatic heterocycles. The summed E-state index contributed by atoms with van der Waals surface area (Å²) in [6.45, 7) is 1.84. The molecule has 0 fully saturated rings. The van der Waals surface area contributed by atoms with Crippen molar-refractivity contribution in [3.63, 3.8) is 0 Å². The number of alkyl halides is 3. The van der Waals surface area contributed by atoms with Crippen molar-refractivity contribution in [2.75, 3.05) is 0 Å². The van der Waals surface area contributed by atoms with Gasteiger partial charge in [-0.05, 0) is 45.8 Å². The van der Waals surface area contributed by atoms with Crippen molar-refractivity contribution in [1.82, 2.24) is 4.72 Å². The van der Waals surface area contributed by atoms with Gasteiger partial charge in [-0.1, -0.05) is 0 Å². The Hall–Kier alpha value is -0.990. The van der Waals surface area contributed by atoms with E-state index < -0.39 is 52.5 Å². The van der Waals surface area contributed by atoms with Gasteiger partial charge in [-0.15, -0.1) is 17.9 Å². The first kappa shape index (κ1) is 13.7. The van der Waals surface area contributed by atoms with Crippen LogP contribution in [0.15, 0.2) is 18.2 Å². The van der Waals surface area contributed by atoms with Crippen molar-refractivity contribution in [3.05, 3.63) is 29.6 Å². The maximum atomic E-state index is 14.0. The molecule has 0 aromatic heterocycles. The summed E-state index contributed by atoms with van der Waals surface area (Å²) in [6, 6.07) is 0.252. The predicted molar refractivity (Wildman–Crippen MR) is 72.5 cm³/mol. The molecule has 0 bridgehead atoms. The van der Waals surface area contributed by atoms with E-state index in [2.05, 4.69) is 9.46 Å². The van der Waals surface area contributed by atoms with Crippen LogP contribution in [-0.4, -0.2) is 15.7 Å². The third kappa shape index (κ3) is 5.72. The summed E-state index contributed by atoms with van der Waals surface area (Å²) in [7, 11) is 0. The van der Waals surface area contributed by atoms with Gasteiger partial charge in [0.1, 0.15) is 16.3 Å². The van der Waals surface area contributed by atoms with Gasteiger partial charge in [0, 0.05) is 21.0 Å². The standard InChI is InChI=1S/C13H17F4NO2S/c1-8(18-21(19)12(2,3)4)10-7-9(5-6-11(10)14)20-13(15,16)17/h5-8,18H,1-4H3/t8?,21-/m0/s1/i1D3. The average Bonchev–Trinajstić information content (AvgIpc) is 2.34. The number of halogens is 4. The Morgan fingerprint density at radius 2 is 1.95 bits per heavy atom. The lowest BCUT2D eigenvalue weighted by atomic mass is 10.1. The molecule has 1 unspecified atom stereocenters. The van der Waals surface area contributed by atoms with Crippen molar-refractivity contribution < 1.29 is 31.0 Å². The van der Waals surface area contributed by atoms with Crippen LogP contribution in [0, 0.1) is 5.82 Å². The SMILES string of the molecule is [2H]C([2H])([2H])C(N[S@@+]([O-])C(C)(C)C)c1cc(OC(F)(F)F)ccc1F. The van der Waals surface area contributed by atoms with Crippen LogP contribution < -0.4 is 9.46 Å². The molecule has 0 spiro atoms. The molecule has 1 aromatic carbocycles. The summed E-state index contributed by atoms with van der Waals surface area (Å²) in [6.07, 6.45) is -5.01. The lowest BCUT2D eigenvalue weighted by Crippen LogP contribution is -2.40. The summed E-state index contributed by atoms with van der Waals surface area (Å²) >= 11 is -1.89. The van der Waals surface area contributed by atoms with E-state index in [0.717, 1.165) is 6.07 Å². The van der Waals surface area contributed by atoms with E-state index in [1.165, 1.54) is 0 Å². The smallest absolute Gasteiger partial charge is 0.573 e. The molecule has 0 radical (unpaired) electrons. The van der Waals surface area contributed by atoms with Gasteiger partial charge >= 0.3 is 6.36 Å². The van der Waals surface area contributed by atoms with Gasteiger partial charge in [-0.25, -0.2) is 4.39 Å². The summed E-state index contributed by atoms with van der Waals surface area (Å²) in [5, 5.41) is 0. The van der Waals surface area contributed by atoms with E-state index in [9.17, 15) is 22.1 Å². The molecular weight excluding hydrogens is 310 g/mol. The van der Waals surface area contributed by atoms with Crippen molar-refractivity contribution >= 4 is 11.4 Å². The normalized spacial score (nSPS) is 18.4. The number of hydrogen-bond acceptors (Lipinski definition) is 3. The number of rotatable bonds is 4. The van der Waals surface area contributed by atoms with Crippen LogP contribution >= 0.6 is 0 Å². The molecule has 1 N–H and O–H groups in total. The predicted octanol–water partition coefficient (Wildman–Crippen LogP) is 3.84. The second kappa shape index (κ2) is 6.41. The first-order valence-electron chi connectivity index (χ1n) is 7.34. The topological polar surface area (TPSA) is 44.3 Å². The summed E-state index contributed by atoms with van der Waals surface area (Å²) in [4.78, 5) is 0. The Kier molecular flexibility index (Phi) is 4.17. The van der Waals surface area contributed by atoms with Crippen LogP contribution in [0.2, 0.25) is 0 Å². The third-order valence-electron chi connectivity index (χ3n) is 2.29. The monoisotopic (exact) mass is 330 g/mol. The van der Waals surface area contributed by atoms with Crippen LogP contribution in [-0.2, 0) is 11.4 Å². The minimum absolute atomic E-state index is 0.589. The summed E-state index contributed by atoms with van der Waals surface area (Å²) in [5.74, 6) is -1.82. The third-order valence-corrected chi connectivity index (χ3v) is 3.86. The highest BCUT2D eigenvalue weighted by Crippen LogP contribution is 2.28. The van der Waals surface area contributed by atoms with E-state index in [-0.39, 0.29) is 0 Å². The lowest BCUT2D eigenvalue weighted by Gasteiger charge is -2.26. The number of nitrogens with one attached hydrogen (secondary N) is 1. The van der Waals surface area contributed by atoms with Gasteiger partial charge in [0.15, 0.2) is 0 Å². The number of hydrogen-bond donors (Lipinski definition) is 1. The molecule has 3 nitrogen and oxygen atoms in total. The average molecular weight is 330 g/mol. The highest BCUT2D eigenvalue weighted by Gasteiger charge is 2.32. The van der Waals surface area contributed by atoms with Crippen molar-refractivity contribution in [1.29, 1.82) is 0 Å². The first-order chi connectivity index (χ1) is 10.6. The Bertz CT molecular complexity index is 576. The first-order valence-corrected chi connectivity index (χ1v) is 6.99. The highest BCUT2D eigenvalue weighted by atomic mass is 32.2. The maximum Gasteiger partial charge on any atom is 0.573 e. The van der Waals surface area contributed by atoms with Crippen molar-refractivity contribution in [3.8, 4) is 5.75 Å². The van der Waals surface area contributed by atoms with Crippen LogP contribution in [0.3, 0.4) is 0 Å². The van der Waals surface area contributed by atoms with Gasteiger partial charge in [-0.3, -0.25) is 0 Å². The Balaban J connectivity index is 3.26. The highest BCUT2D eigenvalue weighted by molar-refractivity contribution is 7.90. The van der Waals surface area contributed by atoms with Crippen LogP contribution in [0.25, 0.3) is 0 Å². The molecule has 2 atom stereocenters. The van der Waals surface area contributed by atoms with E-state index in [4.69, 9.17) is 4.11 Å². The van der Waals surface area contributed by atoms with Gasteiger partial charge in [0.25, 0.3) is 0 Å². The fraction of sp³-hybridized carbons (Fsp3) is 0.538. The maximum absolute atomic E-state index is 14.0. The summed E-state index contributed by atoms with van der Waals surface area (Å²) < 4.78 is 90.5. The lowest BCUT2D eigenvalue weighted by molar-refractivity contribution is -0.274. The Labute approximate surface area is 128 Å². The van der Waals surface area contributed by atoms with Gasteiger partial charge in [-0.2, -0.15) is 0 Å². The molecule has 0 saturated carbocycles. The molecule has 0 amide bonds. The van der Waals surface area contributed by atoms with E-state index in [1.54, 1.807) is 20.8 Å². The minimum Gasteiger partial charge on any atom is -0.598 e. The zero-order chi connectivity index (χ0) is 18.9. The molecule has 8 heteroatoms. The molecule has 0 aliphatic rings.